The largest absolute Gasteiger partial charge is 0.419 e. The Hall–Kier alpha value is -1.90. The van der Waals surface area contributed by atoms with Crippen LogP contribution in [-0.2, 0) is 4.79 Å². The molecule has 0 fully saturated rings. The van der Waals surface area contributed by atoms with Gasteiger partial charge in [0, 0.05) is 12.7 Å². The van der Waals surface area contributed by atoms with Gasteiger partial charge in [-0.1, -0.05) is 17.8 Å². The molecular formula is C13H13NO6S. The third-order valence-electron chi connectivity index (χ3n) is 2.85. The topological polar surface area (TPSA) is 121 Å². The van der Waals surface area contributed by atoms with Gasteiger partial charge in [-0.15, -0.1) is 0 Å². The van der Waals surface area contributed by atoms with Crippen LogP contribution in [0.25, 0.3) is 10.9 Å². The average Bonchev–Trinajstić information content (AvgIpc) is 2.43. The summed E-state index contributed by atoms with van der Waals surface area (Å²) in [5.41, 5.74) is -0.256. The Balaban J connectivity index is 2.32. The zero-order chi connectivity index (χ0) is 15.6. The first-order chi connectivity index (χ1) is 9.88. The Bertz CT molecular complexity index is 780. The number of thioether (sulfide) groups is 1. The molecule has 7 nitrogen and oxygen atoms in total. The molecule has 21 heavy (non-hydrogen) atoms. The predicted molar refractivity (Wildman–Crippen MR) is 77.2 cm³/mol. The van der Waals surface area contributed by atoms with Crippen molar-refractivity contribution in [3.63, 3.8) is 0 Å². The third-order valence-corrected chi connectivity index (χ3v) is 3.76. The molecule has 8 heteroatoms. The molecule has 0 aliphatic rings. The van der Waals surface area contributed by atoms with E-state index in [1.54, 1.807) is 0 Å². The maximum atomic E-state index is 11.6. The summed E-state index contributed by atoms with van der Waals surface area (Å²) < 4.78 is 4.40. The molecule has 1 aromatic heterocycles. The molecule has 0 saturated heterocycles. The van der Waals surface area contributed by atoms with Crippen LogP contribution in [0.15, 0.2) is 32.2 Å². The Morgan fingerprint density at radius 1 is 1.38 bits per heavy atom. The Morgan fingerprint density at radius 3 is 2.76 bits per heavy atom. The lowest BCUT2D eigenvalue weighted by Crippen LogP contribution is -2.22. The number of hydrogen-bond donors (Lipinski definition) is 3. The minimum absolute atomic E-state index is 0.0365. The molecule has 0 aliphatic carbocycles. The van der Waals surface area contributed by atoms with Gasteiger partial charge in [0.25, 0.3) is 0 Å². The van der Waals surface area contributed by atoms with Crippen LogP contribution in [0, 0.1) is 0 Å². The lowest BCUT2D eigenvalue weighted by atomic mass is 10.0. The summed E-state index contributed by atoms with van der Waals surface area (Å²) in [6.45, 7) is 1.36. The number of carbonyl (C=O) groups excluding carboxylic acids is 1. The van der Waals surface area contributed by atoms with E-state index in [1.165, 1.54) is 25.1 Å². The second kappa shape index (κ2) is 6.25. The number of aliphatic hydroxyl groups is 2. The number of carbonyl (C=O) groups is 1. The molecule has 0 aliphatic heterocycles. The molecule has 0 saturated carbocycles. The van der Waals surface area contributed by atoms with Crippen molar-refractivity contribution in [2.45, 2.75) is 19.1 Å². The number of aromatic amines is 1. The van der Waals surface area contributed by atoms with Gasteiger partial charge < -0.3 is 14.6 Å². The smallest absolute Gasteiger partial charge is 0.389 e. The first-order valence-electron chi connectivity index (χ1n) is 6.05. The summed E-state index contributed by atoms with van der Waals surface area (Å²) in [6, 6.07) is 4.25. The van der Waals surface area contributed by atoms with Crippen molar-refractivity contribution in [3.05, 3.63) is 44.7 Å². The SMILES string of the molecule is CC(=O)SCC(O)C(O)c1ccc2[nH]c(=O)oc(=O)c2c1. The van der Waals surface area contributed by atoms with E-state index in [4.69, 9.17) is 0 Å². The van der Waals surface area contributed by atoms with E-state index in [9.17, 15) is 24.6 Å². The molecule has 1 aromatic carbocycles. The second-order valence-electron chi connectivity index (χ2n) is 4.42. The third kappa shape index (κ3) is 3.60. The van der Waals surface area contributed by atoms with Crippen LogP contribution in [0.2, 0.25) is 0 Å². The van der Waals surface area contributed by atoms with E-state index in [0.29, 0.717) is 5.56 Å². The summed E-state index contributed by atoms with van der Waals surface area (Å²) in [7, 11) is 0. The van der Waals surface area contributed by atoms with E-state index in [-0.39, 0.29) is 21.8 Å². The van der Waals surface area contributed by atoms with Crippen molar-refractivity contribution >= 4 is 27.8 Å². The van der Waals surface area contributed by atoms with Crippen LogP contribution in [0.3, 0.4) is 0 Å². The molecule has 0 amide bonds. The highest BCUT2D eigenvalue weighted by Crippen LogP contribution is 2.22. The highest BCUT2D eigenvalue weighted by atomic mass is 32.2. The van der Waals surface area contributed by atoms with Crippen molar-refractivity contribution in [2.75, 3.05) is 5.75 Å². The molecule has 2 aromatic rings. The predicted octanol–water partition coefficient (Wildman–Crippen LogP) is 0.155. The minimum atomic E-state index is -1.26. The molecule has 2 rings (SSSR count). The van der Waals surface area contributed by atoms with Crippen LogP contribution < -0.4 is 11.4 Å². The summed E-state index contributed by atoms with van der Waals surface area (Å²) in [5, 5.41) is 19.8. The lowest BCUT2D eigenvalue weighted by molar-refractivity contribution is -0.109. The molecule has 0 spiro atoms. The standard InChI is InChI=1S/C13H13NO6S/c1-6(15)21-5-10(16)11(17)7-2-3-9-8(4-7)12(18)20-13(19)14-9/h2-4,10-11,16-17H,5H2,1H3,(H,14,19). The molecule has 0 bridgehead atoms. The fourth-order valence-corrected chi connectivity index (χ4v) is 2.40. The molecule has 1 heterocycles. The Morgan fingerprint density at radius 2 is 2.10 bits per heavy atom. The zero-order valence-electron chi connectivity index (χ0n) is 11.0. The maximum Gasteiger partial charge on any atom is 0.419 e. The van der Waals surface area contributed by atoms with Crippen LogP contribution in [0.4, 0.5) is 0 Å². The van der Waals surface area contributed by atoms with Gasteiger partial charge in [-0.05, 0) is 17.7 Å². The molecule has 3 N–H and O–H groups in total. The summed E-state index contributed by atoms with van der Waals surface area (Å²) in [5.74, 6) is -0.826. The first-order valence-corrected chi connectivity index (χ1v) is 7.03. The monoisotopic (exact) mass is 311 g/mol. The summed E-state index contributed by atoms with van der Waals surface area (Å²) >= 11 is 0.894. The van der Waals surface area contributed by atoms with Gasteiger partial charge in [-0.25, -0.2) is 9.59 Å². The Kier molecular flexibility index (Phi) is 4.61. The number of H-pyrrole nitrogens is 1. The number of benzene rings is 1. The quantitative estimate of drug-likeness (QED) is 0.735. The molecule has 112 valence electrons. The first kappa shape index (κ1) is 15.5. The number of rotatable bonds is 4. The van der Waals surface area contributed by atoms with Gasteiger partial charge in [0.15, 0.2) is 5.12 Å². The average molecular weight is 311 g/mol. The van der Waals surface area contributed by atoms with E-state index in [2.05, 4.69) is 9.40 Å². The van der Waals surface area contributed by atoms with Gasteiger partial charge in [0.2, 0.25) is 0 Å². The van der Waals surface area contributed by atoms with Gasteiger partial charge in [0.1, 0.15) is 6.10 Å². The Labute approximate surface area is 122 Å². The van der Waals surface area contributed by atoms with Gasteiger partial charge in [-0.2, -0.15) is 0 Å². The second-order valence-corrected chi connectivity index (χ2v) is 5.62. The van der Waals surface area contributed by atoms with E-state index in [1.807, 2.05) is 0 Å². The van der Waals surface area contributed by atoms with Crippen molar-refractivity contribution in [3.8, 4) is 0 Å². The number of fused-ring (bicyclic) bond motifs is 1. The molecule has 2 unspecified atom stereocenters. The van der Waals surface area contributed by atoms with Crippen LogP contribution in [-0.4, -0.2) is 32.2 Å². The van der Waals surface area contributed by atoms with E-state index >= 15 is 0 Å². The van der Waals surface area contributed by atoms with Gasteiger partial charge >= 0.3 is 11.4 Å². The van der Waals surface area contributed by atoms with Gasteiger partial charge in [-0.3, -0.25) is 9.78 Å². The maximum absolute atomic E-state index is 11.6. The van der Waals surface area contributed by atoms with E-state index in [0.717, 1.165) is 11.8 Å². The minimum Gasteiger partial charge on any atom is -0.389 e. The van der Waals surface area contributed by atoms with Crippen molar-refractivity contribution in [1.29, 1.82) is 0 Å². The fraction of sp³-hybridized carbons (Fsp3) is 0.308. The molecular weight excluding hydrogens is 298 g/mol. The normalized spacial score (nSPS) is 14.0. The zero-order valence-corrected chi connectivity index (χ0v) is 11.8. The number of aromatic nitrogens is 1. The van der Waals surface area contributed by atoms with E-state index < -0.39 is 23.6 Å². The summed E-state index contributed by atoms with van der Waals surface area (Å²) in [6.07, 6.45) is -2.42. The summed E-state index contributed by atoms with van der Waals surface area (Å²) in [4.78, 5) is 35.8. The number of hydrogen-bond acceptors (Lipinski definition) is 7. The van der Waals surface area contributed by atoms with Gasteiger partial charge in [0.05, 0.1) is 17.0 Å². The molecule has 0 radical (unpaired) electrons. The van der Waals surface area contributed by atoms with Crippen LogP contribution >= 0.6 is 11.8 Å². The molecule has 2 atom stereocenters. The fourth-order valence-electron chi connectivity index (χ4n) is 1.81. The lowest BCUT2D eigenvalue weighted by Gasteiger charge is -2.17. The van der Waals surface area contributed by atoms with Crippen LogP contribution in [0.1, 0.15) is 18.6 Å². The number of aliphatic hydroxyl groups excluding tert-OH is 2. The van der Waals surface area contributed by atoms with Crippen LogP contribution in [0.5, 0.6) is 0 Å². The highest BCUT2D eigenvalue weighted by Gasteiger charge is 2.20. The highest BCUT2D eigenvalue weighted by molar-refractivity contribution is 8.13. The van der Waals surface area contributed by atoms with Crippen molar-refractivity contribution in [2.24, 2.45) is 0 Å². The van der Waals surface area contributed by atoms with Crippen molar-refractivity contribution in [1.82, 2.24) is 4.98 Å². The van der Waals surface area contributed by atoms with Crippen molar-refractivity contribution < 1.29 is 19.4 Å². The number of nitrogens with one attached hydrogen (secondary N) is 1.